The zero-order chi connectivity index (χ0) is 21.6. The number of sulfonamides is 1. The van der Waals surface area contributed by atoms with Gasteiger partial charge < -0.3 is 10.1 Å². The van der Waals surface area contributed by atoms with E-state index in [1.165, 1.54) is 10.4 Å². The summed E-state index contributed by atoms with van der Waals surface area (Å²) >= 11 is 0. The van der Waals surface area contributed by atoms with E-state index >= 15 is 0 Å². The van der Waals surface area contributed by atoms with Crippen molar-refractivity contribution < 1.29 is 18.1 Å². The van der Waals surface area contributed by atoms with Crippen molar-refractivity contribution in [1.82, 2.24) is 4.31 Å². The third-order valence-corrected chi connectivity index (χ3v) is 8.32. The molecule has 5 rings (SSSR count). The Labute approximate surface area is 180 Å². The Balaban J connectivity index is 1.44. The van der Waals surface area contributed by atoms with Gasteiger partial charge >= 0.3 is 0 Å². The Hall–Kier alpha value is -2.75. The van der Waals surface area contributed by atoms with E-state index in [0.29, 0.717) is 26.3 Å². The molecule has 2 unspecified atom stereocenters. The molecule has 0 amide bonds. The van der Waals surface area contributed by atoms with Crippen LogP contribution in [0.4, 0.5) is 11.4 Å². The lowest BCUT2D eigenvalue weighted by Crippen LogP contribution is -2.40. The summed E-state index contributed by atoms with van der Waals surface area (Å²) in [6, 6.07) is 12.0. The van der Waals surface area contributed by atoms with Crippen molar-refractivity contribution >= 4 is 21.4 Å². The summed E-state index contributed by atoms with van der Waals surface area (Å²) in [4.78, 5) is 11.1. The SMILES string of the molecule is O=[N+]([O-])c1ccc2c(c1)C1C=CCC1[C@H](c1ccc(S(=O)(=O)N3CCOCC3)cc1)N2. The number of hydrogen-bond acceptors (Lipinski definition) is 6. The lowest BCUT2D eigenvalue weighted by atomic mass is 9.77. The van der Waals surface area contributed by atoms with Crippen LogP contribution in [-0.2, 0) is 14.8 Å². The monoisotopic (exact) mass is 441 g/mol. The lowest BCUT2D eigenvalue weighted by molar-refractivity contribution is -0.384. The number of nitrogens with zero attached hydrogens (tertiary/aromatic N) is 2. The largest absolute Gasteiger partial charge is 0.379 e. The van der Waals surface area contributed by atoms with E-state index in [1.54, 1.807) is 24.3 Å². The molecule has 0 saturated carbocycles. The molecule has 0 aromatic heterocycles. The third-order valence-electron chi connectivity index (χ3n) is 6.40. The van der Waals surface area contributed by atoms with E-state index in [-0.39, 0.29) is 33.4 Å². The van der Waals surface area contributed by atoms with Gasteiger partial charge in [0.2, 0.25) is 10.0 Å². The number of nitro benzene ring substituents is 1. The number of non-ortho nitro benzene ring substituents is 1. The number of nitrogens with one attached hydrogen (secondary N) is 1. The second-order valence-electron chi connectivity index (χ2n) is 8.09. The lowest BCUT2D eigenvalue weighted by Gasteiger charge is -2.37. The van der Waals surface area contributed by atoms with Crippen LogP contribution in [0.3, 0.4) is 0 Å². The number of nitro groups is 1. The zero-order valence-electron chi connectivity index (χ0n) is 16.8. The van der Waals surface area contributed by atoms with Crippen LogP contribution >= 0.6 is 0 Å². The summed E-state index contributed by atoms with van der Waals surface area (Å²) < 4.78 is 32.5. The molecule has 1 aliphatic carbocycles. The molecule has 1 saturated heterocycles. The van der Waals surface area contributed by atoms with E-state index in [2.05, 4.69) is 17.5 Å². The number of ether oxygens (including phenoxy) is 1. The fourth-order valence-electron chi connectivity index (χ4n) is 4.81. The Morgan fingerprint density at radius 1 is 1.10 bits per heavy atom. The van der Waals surface area contributed by atoms with Crippen molar-refractivity contribution in [2.45, 2.75) is 23.3 Å². The molecule has 0 spiro atoms. The number of morpholine rings is 1. The van der Waals surface area contributed by atoms with Crippen molar-refractivity contribution in [2.75, 3.05) is 31.6 Å². The fraction of sp³-hybridized carbons (Fsp3) is 0.364. The standard InChI is InChI=1S/C22H23N3O5S/c26-25(27)16-6-9-21-20(14-16)18-2-1-3-19(18)22(23-21)15-4-7-17(8-5-15)31(28,29)24-10-12-30-13-11-24/h1-2,4-9,14,18-19,22-23H,3,10-13H2/t18?,19?,22-/m0/s1. The topological polar surface area (TPSA) is 102 Å². The first-order valence-corrected chi connectivity index (χ1v) is 11.8. The average Bonchev–Trinajstić information content (AvgIpc) is 3.29. The van der Waals surface area contributed by atoms with E-state index < -0.39 is 10.0 Å². The molecule has 8 nitrogen and oxygen atoms in total. The predicted octanol–water partition coefficient (Wildman–Crippen LogP) is 3.44. The Kier molecular flexibility index (Phi) is 5.04. The van der Waals surface area contributed by atoms with Crippen LogP contribution in [0.1, 0.15) is 29.5 Å². The maximum absolute atomic E-state index is 12.9. The molecule has 2 aromatic rings. The first-order chi connectivity index (χ1) is 14.9. The van der Waals surface area contributed by atoms with Crippen LogP contribution in [0.2, 0.25) is 0 Å². The second kappa shape index (κ2) is 7.74. The molecule has 9 heteroatoms. The van der Waals surface area contributed by atoms with Crippen molar-refractivity contribution in [1.29, 1.82) is 0 Å². The van der Waals surface area contributed by atoms with Crippen molar-refractivity contribution in [3.05, 3.63) is 75.9 Å². The molecule has 1 fully saturated rings. The fourth-order valence-corrected chi connectivity index (χ4v) is 6.22. The predicted molar refractivity (Wildman–Crippen MR) is 115 cm³/mol. The average molecular weight is 442 g/mol. The number of anilines is 1. The molecule has 0 radical (unpaired) electrons. The molecule has 3 atom stereocenters. The highest BCUT2D eigenvalue weighted by molar-refractivity contribution is 7.89. The quantitative estimate of drug-likeness (QED) is 0.443. The van der Waals surface area contributed by atoms with Crippen LogP contribution in [0.25, 0.3) is 0 Å². The molecule has 3 aliphatic rings. The molecule has 1 N–H and O–H groups in total. The molecule has 31 heavy (non-hydrogen) atoms. The van der Waals surface area contributed by atoms with E-state index in [9.17, 15) is 18.5 Å². The maximum atomic E-state index is 12.9. The molecule has 2 aromatic carbocycles. The first-order valence-electron chi connectivity index (χ1n) is 10.3. The van der Waals surface area contributed by atoms with Crippen LogP contribution in [-0.4, -0.2) is 43.9 Å². The van der Waals surface area contributed by atoms with Gasteiger partial charge in [-0.05, 0) is 41.7 Å². The maximum Gasteiger partial charge on any atom is 0.269 e. The summed E-state index contributed by atoms with van der Waals surface area (Å²) in [5.41, 5.74) is 2.92. The number of rotatable bonds is 4. The zero-order valence-corrected chi connectivity index (χ0v) is 17.6. The molecular weight excluding hydrogens is 418 g/mol. The minimum absolute atomic E-state index is 0.00547. The summed E-state index contributed by atoms with van der Waals surface area (Å²) in [6.07, 6.45) is 5.10. The van der Waals surface area contributed by atoms with Crippen LogP contribution in [0.5, 0.6) is 0 Å². The van der Waals surface area contributed by atoms with Gasteiger partial charge in [0, 0.05) is 36.8 Å². The van der Waals surface area contributed by atoms with E-state index in [1.807, 2.05) is 12.1 Å². The Morgan fingerprint density at radius 3 is 2.55 bits per heavy atom. The first kappa shape index (κ1) is 20.2. The van der Waals surface area contributed by atoms with Gasteiger partial charge in [0.15, 0.2) is 0 Å². The van der Waals surface area contributed by atoms with Crippen molar-refractivity contribution in [2.24, 2.45) is 5.92 Å². The van der Waals surface area contributed by atoms with Gasteiger partial charge in [0.25, 0.3) is 5.69 Å². The minimum Gasteiger partial charge on any atom is -0.379 e. The van der Waals surface area contributed by atoms with Gasteiger partial charge in [0.05, 0.1) is 29.1 Å². The van der Waals surface area contributed by atoms with Gasteiger partial charge in [-0.1, -0.05) is 24.3 Å². The normalized spacial score (nSPS) is 25.5. The highest BCUT2D eigenvalue weighted by Gasteiger charge is 2.38. The van der Waals surface area contributed by atoms with Crippen LogP contribution in [0.15, 0.2) is 59.5 Å². The highest BCUT2D eigenvalue weighted by atomic mass is 32.2. The summed E-state index contributed by atoms with van der Waals surface area (Å²) in [5.74, 6) is 0.314. The highest BCUT2D eigenvalue weighted by Crippen LogP contribution is 2.50. The second-order valence-corrected chi connectivity index (χ2v) is 10.0. The molecule has 2 heterocycles. The summed E-state index contributed by atoms with van der Waals surface area (Å²) in [6.45, 7) is 1.56. The van der Waals surface area contributed by atoms with E-state index in [0.717, 1.165) is 23.2 Å². The van der Waals surface area contributed by atoms with Gasteiger partial charge in [-0.15, -0.1) is 0 Å². The molecule has 162 valence electrons. The molecule has 0 bridgehead atoms. The van der Waals surface area contributed by atoms with Gasteiger partial charge in [-0.3, -0.25) is 10.1 Å². The smallest absolute Gasteiger partial charge is 0.269 e. The number of benzene rings is 2. The Morgan fingerprint density at radius 2 is 1.84 bits per heavy atom. The van der Waals surface area contributed by atoms with Gasteiger partial charge in [-0.2, -0.15) is 4.31 Å². The minimum atomic E-state index is -3.53. The van der Waals surface area contributed by atoms with Gasteiger partial charge in [-0.25, -0.2) is 8.42 Å². The van der Waals surface area contributed by atoms with Crippen molar-refractivity contribution in [3.8, 4) is 0 Å². The number of allylic oxidation sites excluding steroid dienone is 2. The van der Waals surface area contributed by atoms with E-state index in [4.69, 9.17) is 4.74 Å². The van der Waals surface area contributed by atoms with Crippen LogP contribution < -0.4 is 5.32 Å². The van der Waals surface area contributed by atoms with Crippen LogP contribution in [0, 0.1) is 16.0 Å². The van der Waals surface area contributed by atoms with Gasteiger partial charge in [0.1, 0.15) is 0 Å². The molecule has 2 aliphatic heterocycles. The van der Waals surface area contributed by atoms with Crippen molar-refractivity contribution in [3.63, 3.8) is 0 Å². The summed E-state index contributed by atoms with van der Waals surface area (Å²) in [7, 11) is -3.53. The third kappa shape index (κ3) is 3.52. The molecular formula is C22H23N3O5S. The summed E-state index contributed by atoms with van der Waals surface area (Å²) in [5, 5.41) is 14.7. The number of fused-ring (bicyclic) bond motifs is 3. The Bertz CT molecular complexity index is 1140. The number of hydrogen-bond donors (Lipinski definition) is 1.